The van der Waals surface area contributed by atoms with Crippen molar-refractivity contribution in [2.75, 3.05) is 38.2 Å². The second-order valence-electron chi connectivity index (χ2n) is 11.3. The van der Waals surface area contributed by atoms with E-state index in [2.05, 4.69) is 26.8 Å². The Balaban J connectivity index is 1.36. The lowest BCUT2D eigenvalue weighted by atomic mass is 9.98. The number of hydrogen-bond acceptors (Lipinski definition) is 7. The lowest BCUT2D eigenvalue weighted by Gasteiger charge is -2.33. The summed E-state index contributed by atoms with van der Waals surface area (Å²) in [6.45, 7) is 3.35. The number of phenols is 1. The number of benzene rings is 2. The van der Waals surface area contributed by atoms with Crippen LogP contribution in [0.3, 0.4) is 0 Å². The summed E-state index contributed by atoms with van der Waals surface area (Å²) in [5, 5.41) is 12.6. The first-order valence-corrected chi connectivity index (χ1v) is 13.7. The molecule has 4 heterocycles. The average Bonchev–Trinajstić information content (AvgIpc) is 3.50. The molecule has 2 aromatic carbocycles. The maximum atomic E-state index is 16.4. The number of likely N-dealkylation sites (N-methyl/N-ethyl adjacent to an activating group) is 1. The Hall–Kier alpha value is -3.52. The van der Waals surface area contributed by atoms with Crippen molar-refractivity contribution >= 4 is 27.5 Å². The van der Waals surface area contributed by atoms with Crippen molar-refractivity contribution in [2.45, 2.75) is 38.1 Å². The molecule has 3 aliphatic rings. The lowest BCUT2D eigenvalue weighted by molar-refractivity contribution is 0.188. The third kappa shape index (κ3) is 4.11. The number of ether oxygens (including phenoxy) is 1. The van der Waals surface area contributed by atoms with Crippen molar-refractivity contribution in [3.63, 3.8) is 0 Å². The maximum Gasteiger partial charge on any atom is 0.319 e. The molecule has 7 nitrogen and oxygen atoms in total. The quantitative estimate of drug-likeness (QED) is 0.383. The van der Waals surface area contributed by atoms with E-state index < -0.39 is 5.82 Å². The molecular weight excluding hydrogens is 481 g/mol. The highest BCUT2D eigenvalue weighted by Gasteiger charge is 2.35. The van der Waals surface area contributed by atoms with E-state index in [0.717, 1.165) is 43.2 Å². The van der Waals surface area contributed by atoms with Gasteiger partial charge < -0.3 is 19.6 Å². The summed E-state index contributed by atoms with van der Waals surface area (Å²) in [6, 6.07) is 11.4. The minimum Gasteiger partial charge on any atom is -0.508 e. The van der Waals surface area contributed by atoms with Crippen LogP contribution in [0, 0.1) is 17.7 Å². The topological polar surface area (TPSA) is 74.6 Å². The first kappa shape index (κ1) is 23.6. The summed E-state index contributed by atoms with van der Waals surface area (Å²) in [6.07, 6.45) is 7.64. The number of aromatic nitrogens is 3. The van der Waals surface area contributed by atoms with E-state index in [1.54, 1.807) is 18.3 Å². The molecule has 38 heavy (non-hydrogen) atoms. The van der Waals surface area contributed by atoms with Crippen LogP contribution in [0.2, 0.25) is 0 Å². The van der Waals surface area contributed by atoms with Crippen molar-refractivity contribution in [3.05, 3.63) is 48.4 Å². The van der Waals surface area contributed by atoms with Gasteiger partial charge in [-0.05, 0) is 80.4 Å². The van der Waals surface area contributed by atoms with Gasteiger partial charge in [0.25, 0.3) is 0 Å². The standard InChI is InChI=1S/C30H32FN5O2/c1-35-10-4-6-21(35)17-38-30-33-28-25(29(34-30)36-15-18-8-9-19(11-18)16-36)14-32-27(26(28)31)24-13-22(37)12-20-5-2-3-7-23(20)24/h2-3,5,7,12-14,18-19,21,37H,4,6,8-11,15-17H2,1H3/t18?,19?,21-/m0/s1. The number of pyridine rings is 1. The molecule has 0 spiro atoms. The van der Waals surface area contributed by atoms with Gasteiger partial charge in [0, 0.05) is 30.9 Å². The highest BCUT2D eigenvalue weighted by Crippen LogP contribution is 2.41. The van der Waals surface area contributed by atoms with E-state index in [1.165, 1.54) is 19.3 Å². The van der Waals surface area contributed by atoms with Gasteiger partial charge in [-0.25, -0.2) is 4.39 Å². The summed E-state index contributed by atoms with van der Waals surface area (Å²) in [5.41, 5.74) is 0.904. The molecule has 0 amide bonds. The number of anilines is 1. The smallest absolute Gasteiger partial charge is 0.319 e. The number of fused-ring (bicyclic) bond motifs is 4. The fourth-order valence-electron chi connectivity index (χ4n) is 6.75. The van der Waals surface area contributed by atoms with E-state index in [-0.39, 0.29) is 23.0 Å². The van der Waals surface area contributed by atoms with Crippen molar-refractivity contribution in [2.24, 2.45) is 11.8 Å². The molecule has 2 bridgehead atoms. The zero-order valence-corrected chi connectivity index (χ0v) is 21.6. The third-order valence-electron chi connectivity index (χ3n) is 8.73. The van der Waals surface area contributed by atoms with Crippen molar-refractivity contribution in [3.8, 4) is 23.0 Å². The highest BCUT2D eigenvalue weighted by atomic mass is 19.1. The number of likely N-dealkylation sites (tertiary alicyclic amines) is 1. The number of halogens is 1. The maximum absolute atomic E-state index is 16.4. The van der Waals surface area contributed by atoms with Gasteiger partial charge in [-0.3, -0.25) is 4.98 Å². The van der Waals surface area contributed by atoms with Gasteiger partial charge in [0.15, 0.2) is 5.82 Å². The molecule has 0 radical (unpaired) electrons. The molecule has 3 fully saturated rings. The Labute approximate surface area is 221 Å². The van der Waals surface area contributed by atoms with Crippen molar-refractivity contribution < 1.29 is 14.2 Å². The van der Waals surface area contributed by atoms with E-state index in [4.69, 9.17) is 9.72 Å². The Kier molecular flexibility index (Phi) is 5.80. The normalized spacial score (nSPS) is 23.5. The van der Waals surface area contributed by atoms with Gasteiger partial charge >= 0.3 is 6.01 Å². The molecule has 1 aliphatic carbocycles. The summed E-state index contributed by atoms with van der Waals surface area (Å²) in [4.78, 5) is 18.6. The molecular formula is C30H32FN5O2. The third-order valence-corrected chi connectivity index (χ3v) is 8.73. The van der Waals surface area contributed by atoms with Crippen molar-refractivity contribution in [1.82, 2.24) is 19.9 Å². The molecule has 2 saturated heterocycles. The number of hydrogen-bond donors (Lipinski definition) is 1. The zero-order chi connectivity index (χ0) is 25.8. The summed E-state index contributed by atoms with van der Waals surface area (Å²) in [5.74, 6) is 1.54. The summed E-state index contributed by atoms with van der Waals surface area (Å²) < 4.78 is 22.5. The minimum atomic E-state index is -0.523. The molecule has 1 N–H and O–H groups in total. The van der Waals surface area contributed by atoms with Crippen LogP contribution in [0.15, 0.2) is 42.6 Å². The Morgan fingerprint density at radius 2 is 1.87 bits per heavy atom. The number of phenolic OH excluding ortho intramolecular Hbond substituents is 1. The molecule has 2 aromatic heterocycles. The van der Waals surface area contributed by atoms with Crippen LogP contribution in [0.25, 0.3) is 32.9 Å². The van der Waals surface area contributed by atoms with Gasteiger partial charge in [0.05, 0.1) is 5.39 Å². The van der Waals surface area contributed by atoms with Gasteiger partial charge in [-0.1, -0.05) is 24.3 Å². The molecule has 2 unspecified atom stereocenters. The molecule has 8 heteroatoms. The van der Waals surface area contributed by atoms with Gasteiger partial charge in [-0.2, -0.15) is 9.97 Å². The first-order chi connectivity index (χ1) is 18.5. The molecule has 1 saturated carbocycles. The number of piperidine rings is 1. The van der Waals surface area contributed by atoms with Crippen LogP contribution < -0.4 is 9.64 Å². The van der Waals surface area contributed by atoms with Crippen LogP contribution in [0.5, 0.6) is 11.8 Å². The average molecular weight is 514 g/mol. The fraction of sp³-hybridized carbons (Fsp3) is 0.433. The molecule has 7 rings (SSSR count). The summed E-state index contributed by atoms with van der Waals surface area (Å²) in [7, 11) is 2.11. The fourth-order valence-corrected chi connectivity index (χ4v) is 6.75. The largest absolute Gasteiger partial charge is 0.508 e. The molecule has 4 aromatic rings. The first-order valence-electron chi connectivity index (χ1n) is 13.7. The number of rotatable bonds is 5. The Morgan fingerprint density at radius 1 is 1.05 bits per heavy atom. The second-order valence-corrected chi connectivity index (χ2v) is 11.3. The van der Waals surface area contributed by atoms with E-state index in [1.807, 2.05) is 24.3 Å². The SMILES string of the molecule is CN1CCC[C@H]1COc1nc(N2CC3CCC(C3)C2)c2cnc(-c3cc(O)cc4ccccc34)c(F)c2n1. The van der Waals surface area contributed by atoms with E-state index in [0.29, 0.717) is 41.3 Å². The number of aromatic hydroxyl groups is 1. The Morgan fingerprint density at radius 3 is 2.66 bits per heavy atom. The zero-order valence-electron chi connectivity index (χ0n) is 21.6. The lowest BCUT2D eigenvalue weighted by Crippen LogP contribution is -2.37. The number of nitrogens with zero attached hydrogens (tertiary/aromatic N) is 5. The van der Waals surface area contributed by atoms with Crippen LogP contribution in [-0.2, 0) is 0 Å². The van der Waals surface area contributed by atoms with Crippen LogP contribution in [0.4, 0.5) is 10.2 Å². The van der Waals surface area contributed by atoms with Gasteiger partial charge in [0.2, 0.25) is 0 Å². The van der Waals surface area contributed by atoms with E-state index in [9.17, 15) is 5.11 Å². The monoisotopic (exact) mass is 513 g/mol. The van der Waals surface area contributed by atoms with Gasteiger partial charge in [0.1, 0.15) is 29.4 Å². The molecule has 196 valence electrons. The second kappa shape index (κ2) is 9.34. The van der Waals surface area contributed by atoms with Crippen molar-refractivity contribution in [1.29, 1.82) is 0 Å². The summed E-state index contributed by atoms with van der Waals surface area (Å²) >= 11 is 0. The minimum absolute atomic E-state index is 0.0665. The van der Waals surface area contributed by atoms with Crippen LogP contribution in [0.1, 0.15) is 32.1 Å². The molecule has 3 atom stereocenters. The van der Waals surface area contributed by atoms with Crippen LogP contribution in [-0.4, -0.2) is 64.3 Å². The predicted molar refractivity (Wildman–Crippen MR) is 146 cm³/mol. The van der Waals surface area contributed by atoms with Crippen LogP contribution >= 0.6 is 0 Å². The van der Waals surface area contributed by atoms with E-state index >= 15 is 4.39 Å². The molecule has 2 aliphatic heterocycles. The van der Waals surface area contributed by atoms with Gasteiger partial charge in [-0.15, -0.1) is 0 Å². The highest BCUT2D eigenvalue weighted by molar-refractivity contribution is 5.99. The Bertz CT molecular complexity index is 1520. The predicted octanol–water partition coefficient (Wildman–Crippen LogP) is 5.40.